The monoisotopic (exact) mass is 422 g/mol. The molecule has 0 aliphatic carbocycles. The lowest BCUT2D eigenvalue weighted by Crippen LogP contribution is -2.44. The van der Waals surface area contributed by atoms with Gasteiger partial charge < -0.3 is 14.5 Å². The van der Waals surface area contributed by atoms with Gasteiger partial charge in [0.25, 0.3) is 5.91 Å². The quantitative estimate of drug-likeness (QED) is 0.598. The van der Waals surface area contributed by atoms with Gasteiger partial charge in [0.05, 0.1) is 23.1 Å². The Morgan fingerprint density at radius 3 is 2.45 bits per heavy atom. The van der Waals surface area contributed by atoms with Gasteiger partial charge in [0.1, 0.15) is 0 Å². The first-order valence-electron chi connectivity index (χ1n) is 10.4. The van der Waals surface area contributed by atoms with Crippen molar-refractivity contribution in [1.82, 2.24) is 9.80 Å². The SMILES string of the molecule is CCOC(=O)C1CCN(C(=O)CCN(C(=O)c2ccccc2Cl)C(C)CC)CC1. The van der Waals surface area contributed by atoms with Crippen molar-refractivity contribution in [2.75, 3.05) is 26.2 Å². The summed E-state index contributed by atoms with van der Waals surface area (Å²) < 4.78 is 5.08. The standard InChI is InChI=1S/C22H31ClN2O4/c1-4-16(3)25(21(27)18-8-6-7-9-19(18)23)15-12-20(26)24-13-10-17(11-14-24)22(28)29-5-2/h6-9,16-17H,4-5,10-15H2,1-3H3. The largest absolute Gasteiger partial charge is 0.466 e. The van der Waals surface area contributed by atoms with E-state index < -0.39 is 0 Å². The lowest BCUT2D eigenvalue weighted by Gasteiger charge is -2.33. The van der Waals surface area contributed by atoms with Gasteiger partial charge in [0, 0.05) is 32.1 Å². The minimum absolute atomic E-state index is 0.00104. The molecule has 1 heterocycles. The molecule has 29 heavy (non-hydrogen) atoms. The highest BCUT2D eigenvalue weighted by Gasteiger charge is 2.29. The van der Waals surface area contributed by atoms with Crippen LogP contribution in [-0.2, 0) is 14.3 Å². The molecule has 0 aromatic heterocycles. The Balaban J connectivity index is 1.94. The van der Waals surface area contributed by atoms with Gasteiger partial charge in [-0.25, -0.2) is 0 Å². The van der Waals surface area contributed by atoms with E-state index in [1.54, 1.807) is 41.0 Å². The van der Waals surface area contributed by atoms with Gasteiger partial charge in [-0.2, -0.15) is 0 Å². The number of hydrogen-bond donors (Lipinski definition) is 0. The molecular weight excluding hydrogens is 392 g/mol. The predicted octanol–water partition coefficient (Wildman–Crippen LogP) is 3.77. The molecular formula is C22H31ClN2O4. The molecule has 0 radical (unpaired) electrons. The Bertz CT molecular complexity index is 717. The number of esters is 1. The summed E-state index contributed by atoms with van der Waals surface area (Å²) in [4.78, 5) is 41.1. The summed E-state index contributed by atoms with van der Waals surface area (Å²) in [6.45, 7) is 7.60. The Morgan fingerprint density at radius 1 is 1.21 bits per heavy atom. The maximum Gasteiger partial charge on any atom is 0.309 e. The van der Waals surface area contributed by atoms with Crippen LogP contribution in [0.1, 0.15) is 56.8 Å². The van der Waals surface area contributed by atoms with Crippen LogP contribution in [0.3, 0.4) is 0 Å². The van der Waals surface area contributed by atoms with Crippen molar-refractivity contribution in [2.45, 2.75) is 52.5 Å². The smallest absolute Gasteiger partial charge is 0.309 e. The third kappa shape index (κ3) is 6.20. The van der Waals surface area contributed by atoms with Crippen LogP contribution in [0.15, 0.2) is 24.3 Å². The number of halogens is 1. The van der Waals surface area contributed by atoms with Crippen LogP contribution in [0.2, 0.25) is 5.02 Å². The minimum Gasteiger partial charge on any atom is -0.466 e. The third-order valence-corrected chi connectivity index (χ3v) is 5.85. The summed E-state index contributed by atoms with van der Waals surface area (Å²) in [5.41, 5.74) is 0.456. The number of hydrogen-bond acceptors (Lipinski definition) is 4. The van der Waals surface area contributed by atoms with Crippen molar-refractivity contribution >= 4 is 29.4 Å². The zero-order valence-corrected chi connectivity index (χ0v) is 18.3. The molecule has 6 nitrogen and oxygen atoms in total. The second kappa shape index (κ2) is 11.2. The minimum atomic E-state index is -0.173. The molecule has 0 saturated carbocycles. The van der Waals surface area contributed by atoms with Gasteiger partial charge in [0.15, 0.2) is 0 Å². The molecule has 1 saturated heterocycles. The van der Waals surface area contributed by atoms with Gasteiger partial charge in [0.2, 0.25) is 5.91 Å². The molecule has 2 rings (SSSR count). The number of likely N-dealkylation sites (tertiary alicyclic amines) is 1. The number of amides is 2. The number of rotatable bonds is 8. The summed E-state index contributed by atoms with van der Waals surface area (Å²) in [6.07, 6.45) is 2.29. The van der Waals surface area contributed by atoms with Crippen LogP contribution in [-0.4, -0.2) is 59.9 Å². The maximum absolute atomic E-state index is 13.0. The van der Waals surface area contributed by atoms with Crippen LogP contribution >= 0.6 is 11.6 Å². The molecule has 1 aromatic carbocycles. The Labute approximate surface area is 178 Å². The first-order chi connectivity index (χ1) is 13.9. The second-order valence-electron chi connectivity index (χ2n) is 7.39. The molecule has 7 heteroatoms. The van der Waals surface area contributed by atoms with Gasteiger partial charge in [-0.3, -0.25) is 14.4 Å². The Hall–Kier alpha value is -2.08. The molecule has 1 aliphatic rings. The second-order valence-corrected chi connectivity index (χ2v) is 7.80. The molecule has 1 aliphatic heterocycles. The number of piperidine rings is 1. The fraction of sp³-hybridized carbons (Fsp3) is 0.591. The molecule has 1 fully saturated rings. The van der Waals surface area contributed by atoms with Crippen molar-refractivity contribution in [1.29, 1.82) is 0 Å². The molecule has 160 valence electrons. The van der Waals surface area contributed by atoms with Crippen molar-refractivity contribution in [2.24, 2.45) is 5.92 Å². The van der Waals surface area contributed by atoms with Crippen LogP contribution in [0.4, 0.5) is 0 Å². The van der Waals surface area contributed by atoms with Crippen molar-refractivity contribution in [3.05, 3.63) is 34.9 Å². The number of benzene rings is 1. The first kappa shape index (κ1) is 23.2. The predicted molar refractivity (Wildman–Crippen MR) is 113 cm³/mol. The Kier molecular flexibility index (Phi) is 8.96. The lowest BCUT2D eigenvalue weighted by atomic mass is 9.97. The summed E-state index contributed by atoms with van der Waals surface area (Å²) >= 11 is 6.20. The summed E-state index contributed by atoms with van der Waals surface area (Å²) in [5, 5.41) is 0.415. The van der Waals surface area contributed by atoms with Gasteiger partial charge in [-0.1, -0.05) is 30.7 Å². The van der Waals surface area contributed by atoms with E-state index in [-0.39, 0.29) is 36.2 Å². The van der Waals surface area contributed by atoms with Crippen molar-refractivity contribution < 1.29 is 19.1 Å². The van der Waals surface area contributed by atoms with Crippen molar-refractivity contribution in [3.8, 4) is 0 Å². The molecule has 1 unspecified atom stereocenters. The normalized spacial score (nSPS) is 15.7. The van der Waals surface area contributed by atoms with Gasteiger partial charge in [-0.15, -0.1) is 0 Å². The summed E-state index contributed by atoms with van der Waals surface area (Å²) in [5.74, 6) is -0.448. The summed E-state index contributed by atoms with van der Waals surface area (Å²) in [6, 6.07) is 6.98. The number of carbonyl (C=O) groups excluding carboxylic acids is 3. The van der Waals surface area contributed by atoms with E-state index in [1.165, 1.54) is 0 Å². The maximum atomic E-state index is 13.0. The fourth-order valence-electron chi connectivity index (χ4n) is 3.53. The topological polar surface area (TPSA) is 66.9 Å². The highest BCUT2D eigenvalue weighted by Crippen LogP contribution is 2.21. The van der Waals surface area contributed by atoms with Crippen molar-refractivity contribution in [3.63, 3.8) is 0 Å². The van der Waals surface area contributed by atoms with E-state index in [2.05, 4.69) is 0 Å². The van der Waals surface area contributed by atoms with E-state index in [0.717, 1.165) is 6.42 Å². The van der Waals surface area contributed by atoms with E-state index in [1.807, 2.05) is 13.8 Å². The summed E-state index contributed by atoms with van der Waals surface area (Å²) in [7, 11) is 0. The molecule has 1 atom stereocenters. The fourth-order valence-corrected chi connectivity index (χ4v) is 3.75. The van der Waals surface area contributed by atoms with Gasteiger partial charge in [-0.05, 0) is 45.2 Å². The van der Waals surface area contributed by atoms with E-state index >= 15 is 0 Å². The number of carbonyl (C=O) groups is 3. The van der Waals surface area contributed by atoms with Crippen LogP contribution < -0.4 is 0 Å². The number of nitrogens with zero attached hydrogens (tertiary/aromatic N) is 2. The Morgan fingerprint density at radius 2 is 1.86 bits per heavy atom. The van der Waals surface area contributed by atoms with E-state index in [4.69, 9.17) is 16.3 Å². The zero-order valence-electron chi connectivity index (χ0n) is 17.5. The van der Waals surface area contributed by atoms with Gasteiger partial charge >= 0.3 is 5.97 Å². The molecule has 1 aromatic rings. The molecule has 0 N–H and O–H groups in total. The molecule has 0 bridgehead atoms. The lowest BCUT2D eigenvalue weighted by molar-refractivity contribution is -0.151. The average molecular weight is 423 g/mol. The highest BCUT2D eigenvalue weighted by molar-refractivity contribution is 6.33. The third-order valence-electron chi connectivity index (χ3n) is 5.52. The molecule has 2 amide bonds. The number of ether oxygens (including phenoxy) is 1. The van der Waals surface area contributed by atoms with Crippen LogP contribution in [0.5, 0.6) is 0 Å². The van der Waals surface area contributed by atoms with Crippen LogP contribution in [0, 0.1) is 5.92 Å². The first-order valence-corrected chi connectivity index (χ1v) is 10.8. The van der Waals surface area contributed by atoms with E-state index in [9.17, 15) is 14.4 Å². The van der Waals surface area contributed by atoms with Crippen LogP contribution in [0.25, 0.3) is 0 Å². The molecule has 0 spiro atoms. The van der Waals surface area contributed by atoms with E-state index in [0.29, 0.717) is 49.7 Å². The highest BCUT2D eigenvalue weighted by atomic mass is 35.5. The average Bonchev–Trinajstić information content (AvgIpc) is 2.73. The zero-order chi connectivity index (χ0) is 21.4.